The monoisotopic (exact) mass is 123 g/mol. The van der Waals surface area contributed by atoms with Gasteiger partial charge in [-0.25, -0.2) is 4.79 Å². The molecule has 1 aliphatic carbocycles. The Morgan fingerprint density at radius 2 is 2.56 bits per heavy atom. The van der Waals surface area contributed by atoms with E-state index in [0.29, 0.717) is 0 Å². The van der Waals surface area contributed by atoms with Crippen molar-refractivity contribution in [1.82, 2.24) is 0 Å². The highest BCUT2D eigenvalue weighted by Crippen LogP contribution is 2.06. The van der Waals surface area contributed by atoms with Gasteiger partial charge in [0.2, 0.25) is 0 Å². The molecule has 1 aliphatic rings. The van der Waals surface area contributed by atoms with Crippen LogP contribution in [0, 0.1) is 11.8 Å². The summed E-state index contributed by atoms with van der Waals surface area (Å²) in [5, 5.41) is 0. The molecule has 0 spiro atoms. The van der Waals surface area contributed by atoms with Gasteiger partial charge in [-0.1, -0.05) is 11.8 Å². The Hall–Kier alpha value is -0.970. The quantitative estimate of drug-likeness (QED) is 0.503. The Bertz CT molecular complexity index is 152. The lowest BCUT2D eigenvalue weighted by Gasteiger charge is -2.08. The minimum Gasteiger partial charge on any atom is -0.441 e. The van der Waals surface area contributed by atoms with Gasteiger partial charge in [-0.15, -0.1) is 0 Å². The number of hydrogen-bond acceptors (Lipinski definition) is 2. The van der Waals surface area contributed by atoms with E-state index in [1.165, 1.54) is 6.47 Å². The largest absolute Gasteiger partial charge is 0.441 e. The van der Waals surface area contributed by atoms with Crippen LogP contribution in [0.25, 0.3) is 0 Å². The van der Waals surface area contributed by atoms with Crippen molar-refractivity contribution in [3.05, 3.63) is 0 Å². The van der Waals surface area contributed by atoms with Gasteiger partial charge in [-0.3, -0.25) is 0 Å². The van der Waals surface area contributed by atoms with Crippen LogP contribution in [-0.4, -0.2) is 12.6 Å². The minimum absolute atomic E-state index is 0.184. The molecule has 0 saturated carbocycles. The van der Waals surface area contributed by atoms with Crippen LogP contribution >= 0.6 is 0 Å². The second kappa shape index (κ2) is 3.13. The maximum Gasteiger partial charge on any atom is 0.418 e. The molecule has 0 N–H and O–H groups in total. The van der Waals surface area contributed by atoms with Crippen molar-refractivity contribution < 1.29 is 9.53 Å². The molecule has 0 aromatic rings. The summed E-state index contributed by atoms with van der Waals surface area (Å²) in [6.45, 7) is 1.38. The summed E-state index contributed by atoms with van der Waals surface area (Å²) < 4.78 is 4.50. The summed E-state index contributed by atoms with van der Waals surface area (Å²) in [5.41, 5.74) is 0. The highest BCUT2D eigenvalue weighted by molar-refractivity contribution is 5.39. The van der Waals surface area contributed by atoms with Crippen molar-refractivity contribution in [3.63, 3.8) is 0 Å². The summed E-state index contributed by atoms with van der Waals surface area (Å²) in [5.74, 6) is 5.65. The zero-order valence-corrected chi connectivity index (χ0v) is 5.02. The minimum atomic E-state index is -0.184. The average Bonchev–Trinajstić information content (AvgIpc) is 1.91. The van der Waals surface area contributed by atoms with Gasteiger partial charge >= 0.3 is 6.47 Å². The molecule has 0 heterocycles. The zero-order chi connectivity index (χ0) is 6.53. The highest BCUT2D eigenvalue weighted by atomic mass is 16.5. The first kappa shape index (κ1) is 6.15. The van der Waals surface area contributed by atoms with Crippen LogP contribution in [0.2, 0.25) is 0 Å². The predicted octanol–water partition coefficient (Wildman–Crippen LogP) is 0.626. The first-order valence-electron chi connectivity index (χ1n) is 2.94. The summed E-state index contributed by atoms with van der Waals surface area (Å²) >= 11 is 0. The first-order valence-corrected chi connectivity index (χ1v) is 2.94. The SMILES string of the molecule is O=[C]OC1C#CCCC1. The smallest absolute Gasteiger partial charge is 0.418 e. The summed E-state index contributed by atoms with van der Waals surface area (Å²) in [6.07, 6.45) is 2.64. The molecule has 1 radical (unpaired) electrons. The van der Waals surface area contributed by atoms with Gasteiger partial charge in [0.15, 0.2) is 6.10 Å². The van der Waals surface area contributed by atoms with Crippen molar-refractivity contribution in [2.45, 2.75) is 25.4 Å². The Morgan fingerprint density at radius 1 is 1.67 bits per heavy atom. The maximum atomic E-state index is 9.66. The molecule has 0 aromatic heterocycles. The van der Waals surface area contributed by atoms with Crippen LogP contribution in [0.5, 0.6) is 0 Å². The van der Waals surface area contributed by atoms with E-state index in [2.05, 4.69) is 16.6 Å². The Labute approximate surface area is 54.2 Å². The standard InChI is InChI=1S/C7H7O2/c8-6-9-7-4-2-1-3-5-7/h7H,1-2,4H2. The van der Waals surface area contributed by atoms with E-state index in [0.717, 1.165) is 19.3 Å². The fourth-order valence-electron chi connectivity index (χ4n) is 0.780. The van der Waals surface area contributed by atoms with Crippen molar-refractivity contribution in [2.24, 2.45) is 0 Å². The van der Waals surface area contributed by atoms with Gasteiger partial charge in [-0.2, -0.15) is 0 Å². The Balaban J connectivity index is 2.37. The molecular weight excluding hydrogens is 116 g/mol. The maximum absolute atomic E-state index is 9.66. The van der Waals surface area contributed by atoms with Crippen molar-refractivity contribution in [1.29, 1.82) is 0 Å². The van der Waals surface area contributed by atoms with Gasteiger partial charge in [0.05, 0.1) is 0 Å². The van der Waals surface area contributed by atoms with Crippen molar-refractivity contribution >= 4 is 6.47 Å². The molecule has 2 heteroatoms. The fraction of sp³-hybridized carbons (Fsp3) is 0.571. The van der Waals surface area contributed by atoms with Crippen LogP contribution in [0.4, 0.5) is 0 Å². The predicted molar refractivity (Wildman–Crippen MR) is 32.2 cm³/mol. The second-order valence-electron chi connectivity index (χ2n) is 1.90. The van der Waals surface area contributed by atoms with E-state index >= 15 is 0 Å². The number of carbonyl (C=O) groups excluding carboxylic acids is 1. The van der Waals surface area contributed by atoms with Crippen molar-refractivity contribution in [3.8, 4) is 11.8 Å². The van der Waals surface area contributed by atoms with E-state index < -0.39 is 0 Å². The first-order chi connectivity index (χ1) is 4.43. The van der Waals surface area contributed by atoms with Gasteiger partial charge < -0.3 is 4.74 Å². The van der Waals surface area contributed by atoms with E-state index in [9.17, 15) is 4.79 Å². The molecule has 1 rings (SSSR count). The van der Waals surface area contributed by atoms with E-state index in [4.69, 9.17) is 0 Å². The Morgan fingerprint density at radius 3 is 3.11 bits per heavy atom. The van der Waals surface area contributed by atoms with Gasteiger partial charge in [0.25, 0.3) is 0 Å². The molecule has 0 bridgehead atoms. The summed E-state index contributed by atoms with van der Waals surface area (Å²) in [6, 6.07) is 0. The third-order valence-corrected chi connectivity index (χ3v) is 1.22. The lowest BCUT2D eigenvalue weighted by Crippen LogP contribution is -2.11. The normalized spacial score (nSPS) is 23.8. The molecule has 0 amide bonds. The van der Waals surface area contributed by atoms with E-state index in [1.54, 1.807) is 0 Å². The molecule has 47 valence electrons. The van der Waals surface area contributed by atoms with Crippen LogP contribution < -0.4 is 0 Å². The molecule has 0 fully saturated rings. The third kappa shape index (κ3) is 1.77. The topological polar surface area (TPSA) is 26.3 Å². The molecule has 0 aromatic carbocycles. The summed E-state index contributed by atoms with van der Waals surface area (Å²) in [7, 11) is 0. The highest BCUT2D eigenvalue weighted by Gasteiger charge is 2.07. The van der Waals surface area contributed by atoms with Gasteiger partial charge in [0.1, 0.15) is 0 Å². The van der Waals surface area contributed by atoms with Gasteiger partial charge in [0, 0.05) is 6.42 Å². The zero-order valence-electron chi connectivity index (χ0n) is 5.02. The molecule has 1 atom stereocenters. The lowest BCUT2D eigenvalue weighted by molar-refractivity contribution is 0.212. The van der Waals surface area contributed by atoms with Crippen LogP contribution in [-0.2, 0) is 9.53 Å². The molecule has 9 heavy (non-hydrogen) atoms. The number of ether oxygens (including phenoxy) is 1. The number of hydrogen-bond donors (Lipinski definition) is 0. The van der Waals surface area contributed by atoms with Crippen LogP contribution in [0.1, 0.15) is 19.3 Å². The molecular formula is C7H7O2. The fourth-order valence-corrected chi connectivity index (χ4v) is 0.780. The molecule has 1 unspecified atom stereocenters. The third-order valence-electron chi connectivity index (χ3n) is 1.22. The Kier molecular flexibility index (Phi) is 2.14. The van der Waals surface area contributed by atoms with E-state index in [-0.39, 0.29) is 6.10 Å². The van der Waals surface area contributed by atoms with Crippen molar-refractivity contribution in [2.75, 3.05) is 0 Å². The van der Waals surface area contributed by atoms with Crippen LogP contribution in [0.15, 0.2) is 0 Å². The molecule has 2 nitrogen and oxygen atoms in total. The van der Waals surface area contributed by atoms with Crippen LogP contribution in [0.3, 0.4) is 0 Å². The lowest BCUT2D eigenvalue weighted by atomic mass is 10.1. The summed E-state index contributed by atoms with van der Waals surface area (Å²) in [4.78, 5) is 9.66. The number of rotatable bonds is 2. The van der Waals surface area contributed by atoms with E-state index in [1.807, 2.05) is 0 Å². The molecule has 0 aliphatic heterocycles. The second-order valence-corrected chi connectivity index (χ2v) is 1.90. The van der Waals surface area contributed by atoms with Gasteiger partial charge in [-0.05, 0) is 12.8 Å². The average molecular weight is 123 g/mol. The molecule has 0 saturated heterocycles.